The van der Waals surface area contributed by atoms with Crippen LogP contribution in [0, 0.1) is 0 Å². The number of amides is 1. The molecule has 1 fully saturated rings. The van der Waals surface area contributed by atoms with Crippen molar-refractivity contribution in [2.45, 2.75) is 314 Å². The number of nitrogens with one attached hydrogen (secondary N) is 1. The first-order chi connectivity index (χ1) is 34.7. The van der Waals surface area contributed by atoms with Crippen LogP contribution in [0.25, 0.3) is 0 Å². The molecular formula is C60H111NO10. The third kappa shape index (κ3) is 39.9. The molecule has 0 aromatic rings. The van der Waals surface area contributed by atoms with Crippen LogP contribution in [0.2, 0.25) is 0 Å². The summed E-state index contributed by atoms with van der Waals surface area (Å²) in [6, 6.07) is -0.832. The van der Waals surface area contributed by atoms with E-state index >= 15 is 0 Å². The van der Waals surface area contributed by atoms with Gasteiger partial charge in [-0.3, -0.25) is 9.59 Å². The molecule has 7 atom stereocenters. The Hall–Kier alpha value is -2.12. The standard InChI is InChI=1S/C60H111NO10/c1-3-5-7-9-11-13-14-15-25-28-32-36-40-44-48-56(65)69-49-45-41-37-33-29-26-23-21-19-17-16-18-20-22-24-27-31-35-39-43-47-55(64)61-52(53(63)46-42-38-34-30-12-10-8-6-4-2)51-70-60-59(68)58(67)57(66)54(50-62)71-60/h12,16,18,30,42,46,52-54,57-60,62-63,66-68H,3-11,13-15,17,19-29,31-41,43-45,47-51H2,1-2H3,(H,61,64)/b18-16-,30-12+,46-42+. The van der Waals surface area contributed by atoms with Crippen molar-refractivity contribution in [3.05, 3.63) is 36.5 Å². The number of hydrogen-bond donors (Lipinski definition) is 6. The molecule has 0 spiro atoms. The van der Waals surface area contributed by atoms with Crippen molar-refractivity contribution in [1.82, 2.24) is 5.32 Å². The van der Waals surface area contributed by atoms with Gasteiger partial charge >= 0.3 is 5.97 Å². The van der Waals surface area contributed by atoms with Gasteiger partial charge in [0.2, 0.25) is 5.91 Å². The summed E-state index contributed by atoms with van der Waals surface area (Å²) in [7, 11) is 0. The monoisotopic (exact) mass is 1010 g/mol. The zero-order valence-corrected chi connectivity index (χ0v) is 45.7. The molecular weight excluding hydrogens is 895 g/mol. The second-order valence-corrected chi connectivity index (χ2v) is 20.7. The second-order valence-electron chi connectivity index (χ2n) is 20.7. The van der Waals surface area contributed by atoms with E-state index in [1.54, 1.807) is 6.08 Å². The van der Waals surface area contributed by atoms with E-state index < -0.39 is 49.5 Å². The summed E-state index contributed by atoms with van der Waals surface area (Å²) in [5.74, 6) is -0.210. The van der Waals surface area contributed by atoms with Crippen molar-refractivity contribution in [1.29, 1.82) is 0 Å². The SMILES string of the molecule is CCCCC/C=C/CC/C=C/C(O)C(COC1OC(CO)C(O)C(O)C1O)NC(=O)CCCCCCCCC/C=C\CCCCCCCCCCCOC(=O)CCCCCCCCCCCCCCCC. The zero-order valence-electron chi connectivity index (χ0n) is 45.7. The Morgan fingerprint density at radius 1 is 0.507 bits per heavy atom. The van der Waals surface area contributed by atoms with Crippen LogP contribution in [-0.4, -0.2) is 100 Å². The Kier molecular flexibility index (Phi) is 47.2. The molecule has 1 aliphatic heterocycles. The largest absolute Gasteiger partial charge is 0.466 e. The number of aliphatic hydroxyl groups is 5. The predicted octanol–water partition coefficient (Wildman–Crippen LogP) is 13.5. The van der Waals surface area contributed by atoms with Crippen molar-refractivity contribution >= 4 is 11.9 Å². The fourth-order valence-corrected chi connectivity index (χ4v) is 9.21. The average Bonchev–Trinajstić information content (AvgIpc) is 3.37. The minimum absolute atomic E-state index is 0.00641. The molecule has 1 aliphatic rings. The van der Waals surface area contributed by atoms with Gasteiger partial charge in [-0.05, 0) is 70.6 Å². The lowest BCUT2D eigenvalue weighted by molar-refractivity contribution is -0.302. The number of rotatable bonds is 51. The van der Waals surface area contributed by atoms with Crippen molar-refractivity contribution in [2.24, 2.45) is 0 Å². The molecule has 0 saturated carbocycles. The smallest absolute Gasteiger partial charge is 0.305 e. The van der Waals surface area contributed by atoms with E-state index in [2.05, 4.69) is 43.5 Å². The van der Waals surface area contributed by atoms with Gasteiger partial charge in [-0.2, -0.15) is 0 Å². The quantitative estimate of drug-likeness (QED) is 0.0195. The van der Waals surface area contributed by atoms with Gasteiger partial charge in [0, 0.05) is 12.8 Å². The average molecular weight is 1010 g/mol. The maximum atomic E-state index is 13.0. The summed E-state index contributed by atoms with van der Waals surface area (Å²) < 4.78 is 16.7. The van der Waals surface area contributed by atoms with Gasteiger partial charge in [-0.25, -0.2) is 0 Å². The number of aliphatic hydroxyl groups excluding tert-OH is 5. The van der Waals surface area contributed by atoms with E-state index in [4.69, 9.17) is 14.2 Å². The Bertz CT molecular complexity index is 1280. The number of carbonyl (C=O) groups excluding carboxylic acids is 2. The van der Waals surface area contributed by atoms with E-state index in [-0.39, 0.29) is 18.5 Å². The number of allylic oxidation sites excluding steroid dienone is 5. The molecule has 6 N–H and O–H groups in total. The summed E-state index contributed by atoms with van der Waals surface area (Å²) in [4.78, 5) is 25.0. The summed E-state index contributed by atoms with van der Waals surface area (Å²) >= 11 is 0. The highest BCUT2D eigenvalue weighted by molar-refractivity contribution is 5.76. The van der Waals surface area contributed by atoms with Gasteiger partial charge in [-0.15, -0.1) is 0 Å². The molecule has 0 aromatic carbocycles. The Labute approximate surface area is 434 Å². The minimum atomic E-state index is -1.58. The maximum absolute atomic E-state index is 13.0. The zero-order chi connectivity index (χ0) is 51.7. The molecule has 0 radical (unpaired) electrons. The van der Waals surface area contributed by atoms with Crippen molar-refractivity contribution in [3.8, 4) is 0 Å². The number of hydrogen-bond acceptors (Lipinski definition) is 10. The van der Waals surface area contributed by atoms with Crippen LogP contribution in [0.1, 0.15) is 271 Å². The number of esters is 1. The lowest BCUT2D eigenvalue weighted by Crippen LogP contribution is -2.60. The van der Waals surface area contributed by atoms with Crippen LogP contribution < -0.4 is 5.32 Å². The molecule has 7 unspecified atom stereocenters. The first-order valence-corrected chi connectivity index (χ1v) is 29.8. The van der Waals surface area contributed by atoms with Crippen molar-refractivity contribution in [3.63, 3.8) is 0 Å². The third-order valence-electron chi connectivity index (χ3n) is 14.0. The predicted molar refractivity (Wildman–Crippen MR) is 292 cm³/mol. The molecule has 1 saturated heterocycles. The highest BCUT2D eigenvalue weighted by Crippen LogP contribution is 2.23. The Morgan fingerprint density at radius 3 is 1.42 bits per heavy atom. The number of ether oxygens (including phenoxy) is 3. The molecule has 0 aliphatic carbocycles. The highest BCUT2D eigenvalue weighted by Gasteiger charge is 2.44. The van der Waals surface area contributed by atoms with Gasteiger partial charge in [-0.1, -0.05) is 224 Å². The summed E-state index contributed by atoms with van der Waals surface area (Å²) in [6.07, 6.45) is 51.1. The molecule has 11 nitrogen and oxygen atoms in total. The Balaban J connectivity index is 2.03. The van der Waals surface area contributed by atoms with E-state index in [1.807, 2.05) is 6.08 Å². The highest BCUT2D eigenvalue weighted by atomic mass is 16.7. The summed E-state index contributed by atoms with van der Waals surface area (Å²) in [6.45, 7) is 4.26. The van der Waals surface area contributed by atoms with Gasteiger partial charge in [0.05, 0.1) is 32.0 Å². The first kappa shape index (κ1) is 66.9. The Morgan fingerprint density at radius 2 is 0.915 bits per heavy atom. The molecule has 0 aromatic heterocycles. The molecule has 1 heterocycles. The minimum Gasteiger partial charge on any atom is -0.466 e. The van der Waals surface area contributed by atoms with E-state index in [0.29, 0.717) is 19.4 Å². The van der Waals surface area contributed by atoms with Gasteiger partial charge < -0.3 is 45.1 Å². The number of unbranched alkanes of at least 4 members (excludes halogenated alkanes) is 33. The second kappa shape index (κ2) is 50.1. The normalized spacial score (nSPS) is 19.3. The molecule has 0 bridgehead atoms. The van der Waals surface area contributed by atoms with Gasteiger partial charge in [0.25, 0.3) is 0 Å². The van der Waals surface area contributed by atoms with E-state index in [0.717, 1.165) is 77.0 Å². The van der Waals surface area contributed by atoms with Crippen LogP contribution in [0.15, 0.2) is 36.5 Å². The summed E-state index contributed by atoms with van der Waals surface area (Å²) in [5.41, 5.74) is 0. The lowest BCUT2D eigenvalue weighted by Gasteiger charge is -2.40. The van der Waals surface area contributed by atoms with Crippen LogP contribution in [-0.2, 0) is 23.8 Å². The van der Waals surface area contributed by atoms with Crippen LogP contribution >= 0.6 is 0 Å². The van der Waals surface area contributed by atoms with Crippen molar-refractivity contribution in [2.75, 3.05) is 19.8 Å². The fraction of sp³-hybridized carbons (Fsp3) is 0.867. The molecule has 1 rings (SSSR count). The molecule has 71 heavy (non-hydrogen) atoms. The molecule has 11 heteroatoms. The topological polar surface area (TPSA) is 175 Å². The molecule has 1 amide bonds. The fourth-order valence-electron chi connectivity index (χ4n) is 9.21. The van der Waals surface area contributed by atoms with Crippen LogP contribution in [0.3, 0.4) is 0 Å². The van der Waals surface area contributed by atoms with E-state index in [1.165, 1.54) is 167 Å². The van der Waals surface area contributed by atoms with E-state index in [9.17, 15) is 35.1 Å². The van der Waals surface area contributed by atoms with Crippen LogP contribution in [0.4, 0.5) is 0 Å². The first-order valence-electron chi connectivity index (χ1n) is 29.8. The third-order valence-corrected chi connectivity index (χ3v) is 14.0. The maximum Gasteiger partial charge on any atom is 0.305 e. The van der Waals surface area contributed by atoms with Crippen molar-refractivity contribution < 1.29 is 49.3 Å². The summed E-state index contributed by atoms with van der Waals surface area (Å²) in [5, 5.41) is 54.1. The number of carbonyl (C=O) groups is 2. The van der Waals surface area contributed by atoms with Gasteiger partial charge in [0.1, 0.15) is 24.4 Å². The lowest BCUT2D eigenvalue weighted by atomic mass is 9.99. The van der Waals surface area contributed by atoms with Gasteiger partial charge in [0.15, 0.2) is 6.29 Å². The van der Waals surface area contributed by atoms with Crippen LogP contribution in [0.5, 0.6) is 0 Å². The molecule has 416 valence electrons.